The van der Waals surface area contributed by atoms with Crippen molar-refractivity contribution in [2.75, 3.05) is 12.1 Å². The van der Waals surface area contributed by atoms with Gasteiger partial charge in [0.05, 0.1) is 12.6 Å². The fraction of sp³-hybridized carbons (Fsp3) is 0.111. The predicted octanol–water partition coefficient (Wildman–Crippen LogP) is 1.66. The van der Waals surface area contributed by atoms with Crippen LogP contribution in [0.3, 0.4) is 0 Å². The third-order valence-electron chi connectivity index (χ3n) is 2.10. The van der Waals surface area contributed by atoms with Gasteiger partial charge in [-0.2, -0.15) is 10.1 Å². The van der Waals surface area contributed by atoms with Crippen LogP contribution < -0.4 is 10.9 Å². The molecule has 0 aliphatic carbocycles. The Labute approximate surface area is 95.9 Å². The van der Waals surface area contributed by atoms with Gasteiger partial charge in [0.2, 0.25) is 0 Å². The van der Waals surface area contributed by atoms with Crippen LogP contribution in [0.2, 0.25) is 5.02 Å². The quantitative estimate of drug-likeness (QED) is 0.451. The number of carbonyl (C=O) groups is 1. The van der Waals surface area contributed by atoms with Gasteiger partial charge in [0, 0.05) is 10.4 Å². The molecule has 1 heterocycles. The van der Waals surface area contributed by atoms with Gasteiger partial charge in [-0.25, -0.2) is 10.6 Å². The molecule has 0 spiro atoms. The molecule has 0 radical (unpaired) electrons. The summed E-state index contributed by atoms with van der Waals surface area (Å²) in [5.74, 6) is 5.83. The smallest absolute Gasteiger partial charge is 0.430 e. The van der Waals surface area contributed by atoms with Crippen LogP contribution in [0.5, 0.6) is 0 Å². The maximum absolute atomic E-state index is 11.2. The molecule has 0 aliphatic rings. The first kappa shape index (κ1) is 10.7. The molecule has 2 rings (SSSR count). The van der Waals surface area contributed by atoms with Crippen molar-refractivity contribution in [1.82, 2.24) is 10.2 Å². The zero-order valence-corrected chi connectivity index (χ0v) is 9.15. The molecule has 0 saturated heterocycles. The van der Waals surface area contributed by atoms with E-state index < -0.39 is 6.09 Å². The summed E-state index contributed by atoms with van der Waals surface area (Å²) >= 11 is 5.81. The van der Waals surface area contributed by atoms with Crippen LogP contribution in [-0.2, 0) is 4.74 Å². The first-order valence-corrected chi connectivity index (χ1v) is 4.77. The number of aromatic amines is 1. The number of nitrogens with zero attached hydrogens (tertiary/aromatic N) is 2. The second-order valence-corrected chi connectivity index (χ2v) is 3.51. The highest BCUT2D eigenvalue weighted by molar-refractivity contribution is 6.31. The van der Waals surface area contributed by atoms with E-state index in [9.17, 15) is 4.79 Å². The molecule has 0 bridgehead atoms. The third kappa shape index (κ3) is 1.68. The molecule has 1 aromatic carbocycles. The first-order valence-electron chi connectivity index (χ1n) is 4.40. The number of nitrogens with two attached hydrogens (primary N) is 1. The number of amides is 1. The fourth-order valence-electron chi connectivity index (χ4n) is 1.35. The molecule has 0 saturated carbocycles. The second-order valence-electron chi connectivity index (χ2n) is 3.08. The summed E-state index contributed by atoms with van der Waals surface area (Å²) < 4.78 is 4.49. The van der Waals surface area contributed by atoms with Crippen LogP contribution in [-0.4, -0.2) is 23.4 Å². The summed E-state index contributed by atoms with van der Waals surface area (Å²) in [5, 5.41) is 8.74. The number of H-pyrrole nitrogens is 1. The predicted molar refractivity (Wildman–Crippen MR) is 60.2 cm³/mol. The summed E-state index contributed by atoms with van der Waals surface area (Å²) in [6, 6.07) is 5.10. The molecule has 6 nitrogen and oxygen atoms in total. The normalized spacial score (nSPS) is 10.4. The Bertz CT molecular complexity index is 539. The minimum Gasteiger partial charge on any atom is -0.451 e. The van der Waals surface area contributed by atoms with Crippen LogP contribution >= 0.6 is 11.6 Å². The topological polar surface area (TPSA) is 84.2 Å². The summed E-state index contributed by atoms with van der Waals surface area (Å²) in [5.41, 5.74) is 0.696. The van der Waals surface area contributed by atoms with Gasteiger partial charge in [-0.3, -0.25) is 5.10 Å². The number of fused-ring (bicyclic) bond motifs is 1. The van der Waals surface area contributed by atoms with E-state index in [-0.39, 0.29) is 0 Å². The lowest BCUT2D eigenvalue weighted by Crippen LogP contribution is -2.37. The lowest BCUT2D eigenvalue weighted by Gasteiger charge is -2.11. The average Bonchev–Trinajstić information content (AvgIpc) is 2.69. The van der Waals surface area contributed by atoms with E-state index in [1.165, 1.54) is 7.11 Å². The number of hydrogen-bond donors (Lipinski definition) is 2. The number of aromatic nitrogens is 2. The molecule has 0 atom stereocenters. The summed E-state index contributed by atoms with van der Waals surface area (Å²) in [6.07, 6.45) is -0.691. The lowest BCUT2D eigenvalue weighted by molar-refractivity contribution is 0.178. The molecule has 1 amide bonds. The van der Waals surface area contributed by atoms with E-state index in [2.05, 4.69) is 14.9 Å². The van der Waals surface area contributed by atoms with Crippen LogP contribution in [0, 0.1) is 0 Å². The fourth-order valence-corrected chi connectivity index (χ4v) is 1.52. The van der Waals surface area contributed by atoms with E-state index in [0.717, 1.165) is 5.01 Å². The minimum absolute atomic E-state index is 0.290. The lowest BCUT2D eigenvalue weighted by atomic mass is 10.2. The van der Waals surface area contributed by atoms with Crippen LogP contribution in [0.15, 0.2) is 18.2 Å². The number of rotatable bonds is 1. The van der Waals surface area contributed by atoms with Crippen LogP contribution in [0.25, 0.3) is 10.9 Å². The number of hydrazine groups is 1. The third-order valence-corrected chi connectivity index (χ3v) is 2.34. The molecule has 84 valence electrons. The monoisotopic (exact) mass is 240 g/mol. The molecule has 3 N–H and O–H groups in total. The number of benzene rings is 1. The van der Waals surface area contributed by atoms with Crippen molar-refractivity contribution in [3.63, 3.8) is 0 Å². The van der Waals surface area contributed by atoms with E-state index >= 15 is 0 Å². The molecule has 16 heavy (non-hydrogen) atoms. The number of nitrogens with one attached hydrogen (secondary N) is 1. The SMILES string of the molecule is COC(=O)N(N)c1n[nH]c2cc(Cl)ccc12. The molecule has 1 aromatic heterocycles. The van der Waals surface area contributed by atoms with E-state index in [1.54, 1.807) is 18.2 Å². The maximum Gasteiger partial charge on any atom is 0.430 e. The molecule has 0 unspecified atom stereocenters. The molecular formula is C9H9ClN4O2. The highest BCUT2D eigenvalue weighted by Crippen LogP contribution is 2.25. The Balaban J connectivity index is 2.50. The van der Waals surface area contributed by atoms with E-state index in [1.807, 2.05) is 0 Å². The minimum atomic E-state index is -0.691. The molecular weight excluding hydrogens is 232 g/mol. The van der Waals surface area contributed by atoms with Gasteiger partial charge >= 0.3 is 6.09 Å². The average molecular weight is 241 g/mol. The van der Waals surface area contributed by atoms with Gasteiger partial charge in [0.25, 0.3) is 0 Å². The zero-order valence-electron chi connectivity index (χ0n) is 8.40. The molecule has 7 heteroatoms. The molecule has 2 aromatic rings. The van der Waals surface area contributed by atoms with Gasteiger partial charge in [-0.05, 0) is 18.2 Å². The largest absolute Gasteiger partial charge is 0.451 e. The van der Waals surface area contributed by atoms with Crippen molar-refractivity contribution < 1.29 is 9.53 Å². The Morgan fingerprint density at radius 2 is 2.38 bits per heavy atom. The number of carbonyl (C=O) groups excluding carboxylic acids is 1. The Hall–Kier alpha value is -1.79. The number of methoxy groups -OCH3 is 1. The second kappa shape index (κ2) is 3.99. The standard InChI is InChI=1S/C9H9ClN4O2/c1-16-9(15)14(11)8-6-3-2-5(10)4-7(6)12-13-8/h2-4H,11H2,1H3,(H,12,13). The highest BCUT2D eigenvalue weighted by Gasteiger charge is 2.17. The Morgan fingerprint density at radius 1 is 1.62 bits per heavy atom. The van der Waals surface area contributed by atoms with Crippen LogP contribution in [0.1, 0.15) is 0 Å². The van der Waals surface area contributed by atoms with E-state index in [4.69, 9.17) is 17.4 Å². The van der Waals surface area contributed by atoms with Gasteiger partial charge in [0.1, 0.15) is 0 Å². The first-order chi connectivity index (χ1) is 7.63. The zero-order chi connectivity index (χ0) is 11.7. The Kier molecular flexibility index (Phi) is 2.67. The van der Waals surface area contributed by atoms with Gasteiger partial charge in [0.15, 0.2) is 5.82 Å². The maximum atomic E-state index is 11.2. The highest BCUT2D eigenvalue weighted by atomic mass is 35.5. The number of halogens is 1. The number of ether oxygens (including phenoxy) is 1. The summed E-state index contributed by atoms with van der Waals surface area (Å²) in [6.45, 7) is 0. The van der Waals surface area contributed by atoms with Gasteiger partial charge in [-0.1, -0.05) is 11.6 Å². The number of anilines is 1. The van der Waals surface area contributed by atoms with E-state index in [0.29, 0.717) is 21.7 Å². The Morgan fingerprint density at radius 3 is 3.06 bits per heavy atom. The van der Waals surface area contributed by atoms with Crippen molar-refractivity contribution in [1.29, 1.82) is 0 Å². The molecule has 0 fully saturated rings. The van der Waals surface area contributed by atoms with Crippen molar-refractivity contribution in [3.05, 3.63) is 23.2 Å². The number of hydrogen-bond acceptors (Lipinski definition) is 4. The van der Waals surface area contributed by atoms with Gasteiger partial charge in [-0.15, -0.1) is 0 Å². The van der Waals surface area contributed by atoms with Crippen LogP contribution in [0.4, 0.5) is 10.6 Å². The summed E-state index contributed by atoms with van der Waals surface area (Å²) in [4.78, 5) is 11.2. The van der Waals surface area contributed by atoms with Crippen molar-refractivity contribution in [3.8, 4) is 0 Å². The van der Waals surface area contributed by atoms with Crippen molar-refractivity contribution >= 4 is 34.4 Å². The van der Waals surface area contributed by atoms with Crippen molar-refractivity contribution in [2.45, 2.75) is 0 Å². The van der Waals surface area contributed by atoms with Gasteiger partial charge < -0.3 is 4.74 Å². The molecule has 0 aliphatic heterocycles. The summed E-state index contributed by atoms with van der Waals surface area (Å²) in [7, 11) is 1.24. The van der Waals surface area contributed by atoms with Crippen molar-refractivity contribution in [2.24, 2.45) is 5.84 Å².